The first-order valence-corrected chi connectivity index (χ1v) is 5.29. The molecule has 0 radical (unpaired) electrons. The van der Waals surface area contributed by atoms with Gasteiger partial charge in [-0.3, -0.25) is 4.79 Å². The summed E-state index contributed by atoms with van der Waals surface area (Å²) in [7, 11) is 0. The van der Waals surface area contributed by atoms with Crippen LogP contribution in [0.25, 0.3) is 0 Å². The molecular formula is C13H20O. The van der Waals surface area contributed by atoms with Gasteiger partial charge in [-0.05, 0) is 38.2 Å². The van der Waals surface area contributed by atoms with Crippen LogP contribution in [-0.4, -0.2) is 5.78 Å². The molecule has 1 aliphatic carbocycles. The third-order valence-corrected chi connectivity index (χ3v) is 3.05. The van der Waals surface area contributed by atoms with Gasteiger partial charge in [0.15, 0.2) is 5.78 Å². The zero-order valence-corrected chi connectivity index (χ0v) is 9.63. The van der Waals surface area contributed by atoms with Crippen molar-refractivity contribution >= 4 is 5.78 Å². The molecule has 0 aromatic rings. The van der Waals surface area contributed by atoms with Crippen LogP contribution in [0.2, 0.25) is 0 Å². The Kier molecular flexibility index (Phi) is 3.30. The molecule has 0 saturated carbocycles. The zero-order valence-electron chi connectivity index (χ0n) is 9.63. The first-order chi connectivity index (χ1) is 6.47. The molecule has 1 heteroatoms. The Morgan fingerprint density at radius 1 is 1.57 bits per heavy atom. The molecule has 0 amide bonds. The van der Waals surface area contributed by atoms with Gasteiger partial charge in [-0.2, -0.15) is 0 Å². The molecule has 0 aromatic heterocycles. The normalized spacial score (nSPS) is 26.3. The second-order valence-electron chi connectivity index (χ2n) is 4.91. The number of ketones is 1. The quantitative estimate of drug-likeness (QED) is 0.483. The molecule has 0 aliphatic heterocycles. The van der Waals surface area contributed by atoms with Gasteiger partial charge in [0.2, 0.25) is 0 Å². The summed E-state index contributed by atoms with van der Waals surface area (Å²) in [4.78, 5) is 11.8. The fourth-order valence-electron chi connectivity index (χ4n) is 2.33. The number of carbonyl (C=O) groups is 1. The van der Waals surface area contributed by atoms with Crippen molar-refractivity contribution in [2.45, 2.75) is 40.5 Å². The van der Waals surface area contributed by atoms with E-state index in [9.17, 15) is 4.79 Å². The smallest absolute Gasteiger partial charge is 0.159 e. The molecule has 14 heavy (non-hydrogen) atoms. The van der Waals surface area contributed by atoms with Gasteiger partial charge >= 0.3 is 0 Å². The standard InChI is InChI=1S/C13H20O/c1-5-6-12(14)11-8-7-10(2)9-13(11,3)4/h5-7,11H,8-9H2,1-4H3/b6-5+. The second kappa shape index (κ2) is 4.12. The molecule has 0 heterocycles. The van der Waals surface area contributed by atoms with E-state index in [-0.39, 0.29) is 17.1 Å². The minimum Gasteiger partial charge on any atom is -0.295 e. The topological polar surface area (TPSA) is 17.1 Å². The van der Waals surface area contributed by atoms with Crippen LogP contribution in [0, 0.1) is 11.3 Å². The van der Waals surface area contributed by atoms with Crippen LogP contribution >= 0.6 is 0 Å². The molecule has 0 aromatic carbocycles. The monoisotopic (exact) mass is 192 g/mol. The van der Waals surface area contributed by atoms with Crippen LogP contribution in [0.5, 0.6) is 0 Å². The first kappa shape index (κ1) is 11.2. The minimum absolute atomic E-state index is 0.120. The van der Waals surface area contributed by atoms with Gasteiger partial charge in [-0.25, -0.2) is 0 Å². The van der Waals surface area contributed by atoms with E-state index in [1.54, 1.807) is 6.08 Å². The average molecular weight is 192 g/mol. The molecule has 0 fully saturated rings. The molecule has 0 saturated heterocycles. The highest BCUT2D eigenvalue weighted by Gasteiger charge is 2.35. The van der Waals surface area contributed by atoms with Crippen molar-refractivity contribution in [3.05, 3.63) is 23.8 Å². The molecule has 1 nitrogen and oxygen atoms in total. The number of hydrogen-bond acceptors (Lipinski definition) is 1. The fourth-order valence-corrected chi connectivity index (χ4v) is 2.33. The van der Waals surface area contributed by atoms with E-state index in [1.165, 1.54) is 5.57 Å². The van der Waals surface area contributed by atoms with E-state index >= 15 is 0 Å². The third kappa shape index (κ3) is 2.34. The number of carbonyl (C=O) groups excluding carboxylic acids is 1. The predicted octanol–water partition coefficient (Wildman–Crippen LogP) is 3.51. The van der Waals surface area contributed by atoms with E-state index in [0.717, 1.165) is 12.8 Å². The largest absolute Gasteiger partial charge is 0.295 e. The Morgan fingerprint density at radius 3 is 2.71 bits per heavy atom. The Labute approximate surface area is 86.9 Å². The lowest BCUT2D eigenvalue weighted by molar-refractivity contribution is -0.121. The Hall–Kier alpha value is -0.850. The van der Waals surface area contributed by atoms with Gasteiger partial charge < -0.3 is 0 Å². The molecule has 1 atom stereocenters. The van der Waals surface area contributed by atoms with Crippen molar-refractivity contribution in [3.63, 3.8) is 0 Å². The fraction of sp³-hybridized carbons (Fsp3) is 0.615. The average Bonchev–Trinajstić information content (AvgIpc) is 2.01. The summed E-state index contributed by atoms with van der Waals surface area (Å²) in [5.74, 6) is 0.448. The maximum atomic E-state index is 11.8. The lowest BCUT2D eigenvalue weighted by atomic mass is 9.67. The molecule has 78 valence electrons. The summed E-state index contributed by atoms with van der Waals surface area (Å²) >= 11 is 0. The zero-order chi connectivity index (χ0) is 10.8. The van der Waals surface area contributed by atoms with Gasteiger partial charge in [0.25, 0.3) is 0 Å². The minimum atomic E-state index is 0.120. The van der Waals surface area contributed by atoms with Crippen LogP contribution in [0.3, 0.4) is 0 Å². The highest BCUT2D eigenvalue weighted by molar-refractivity contribution is 5.92. The molecular weight excluding hydrogens is 172 g/mol. The van der Waals surface area contributed by atoms with Crippen LogP contribution in [0.4, 0.5) is 0 Å². The molecule has 0 bridgehead atoms. The summed E-state index contributed by atoms with van der Waals surface area (Å²) in [6.45, 7) is 8.43. The summed E-state index contributed by atoms with van der Waals surface area (Å²) < 4.78 is 0. The van der Waals surface area contributed by atoms with E-state index in [0.29, 0.717) is 0 Å². The van der Waals surface area contributed by atoms with E-state index in [2.05, 4.69) is 26.8 Å². The van der Waals surface area contributed by atoms with E-state index in [1.807, 2.05) is 13.0 Å². The van der Waals surface area contributed by atoms with E-state index < -0.39 is 0 Å². The van der Waals surface area contributed by atoms with Crippen molar-refractivity contribution in [2.24, 2.45) is 11.3 Å². The highest BCUT2D eigenvalue weighted by Crippen LogP contribution is 2.40. The number of hydrogen-bond donors (Lipinski definition) is 0. The van der Waals surface area contributed by atoms with Crippen molar-refractivity contribution in [3.8, 4) is 0 Å². The number of rotatable bonds is 2. The van der Waals surface area contributed by atoms with Crippen LogP contribution in [-0.2, 0) is 4.79 Å². The first-order valence-electron chi connectivity index (χ1n) is 5.29. The maximum Gasteiger partial charge on any atom is 0.159 e. The van der Waals surface area contributed by atoms with E-state index in [4.69, 9.17) is 0 Å². The Morgan fingerprint density at radius 2 is 2.21 bits per heavy atom. The SMILES string of the molecule is C/C=C/C(=O)C1CC=C(C)CC1(C)C. The van der Waals surface area contributed by atoms with Crippen molar-refractivity contribution in [1.29, 1.82) is 0 Å². The number of allylic oxidation sites excluding steroid dienone is 4. The summed E-state index contributed by atoms with van der Waals surface area (Å²) in [6, 6.07) is 0. The van der Waals surface area contributed by atoms with Crippen molar-refractivity contribution in [2.75, 3.05) is 0 Å². The molecule has 1 aliphatic rings. The van der Waals surface area contributed by atoms with Crippen LogP contribution in [0.15, 0.2) is 23.8 Å². The lowest BCUT2D eigenvalue weighted by Gasteiger charge is -2.36. The summed E-state index contributed by atoms with van der Waals surface area (Å²) in [5.41, 5.74) is 1.54. The Balaban J connectivity index is 2.85. The molecule has 0 spiro atoms. The summed E-state index contributed by atoms with van der Waals surface area (Å²) in [6.07, 6.45) is 7.70. The van der Waals surface area contributed by atoms with Gasteiger partial charge in [0, 0.05) is 5.92 Å². The van der Waals surface area contributed by atoms with Crippen molar-refractivity contribution in [1.82, 2.24) is 0 Å². The van der Waals surface area contributed by atoms with Gasteiger partial charge in [0.1, 0.15) is 0 Å². The Bertz CT molecular complexity index is 282. The van der Waals surface area contributed by atoms with Crippen LogP contribution in [0.1, 0.15) is 40.5 Å². The molecule has 0 N–H and O–H groups in total. The molecule has 1 rings (SSSR count). The van der Waals surface area contributed by atoms with Gasteiger partial charge in [-0.1, -0.05) is 31.6 Å². The second-order valence-corrected chi connectivity index (χ2v) is 4.91. The van der Waals surface area contributed by atoms with Crippen molar-refractivity contribution < 1.29 is 4.79 Å². The molecule has 1 unspecified atom stereocenters. The lowest BCUT2D eigenvalue weighted by Crippen LogP contribution is -2.32. The third-order valence-electron chi connectivity index (χ3n) is 3.05. The van der Waals surface area contributed by atoms with Gasteiger partial charge in [-0.15, -0.1) is 0 Å². The van der Waals surface area contributed by atoms with Crippen LogP contribution < -0.4 is 0 Å². The van der Waals surface area contributed by atoms with Gasteiger partial charge in [0.05, 0.1) is 0 Å². The summed E-state index contributed by atoms with van der Waals surface area (Å²) in [5, 5.41) is 0. The predicted molar refractivity (Wildman–Crippen MR) is 60.1 cm³/mol. The highest BCUT2D eigenvalue weighted by atomic mass is 16.1. The maximum absolute atomic E-state index is 11.8.